The summed E-state index contributed by atoms with van der Waals surface area (Å²) >= 11 is 1.12. The fourth-order valence-corrected chi connectivity index (χ4v) is 3.13. The lowest BCUT2D eigenvalue weighted by molar-refractivity contribution is -0.119. The van der Waals surface area contributed by atoms with Crippen molar-refractivity contribution in [2.45, 2.75) is 33.3 Å². The molecular formula is C15H22N4O4S. The fourth-order valence-electron chi connectivity index (χ4n) is 2.21. The molecule has 1 saturated heterocycles. The lowest BCUT2D eigenvalue weighted by Crippen LogP contribution is -2.48. The van der Waals surface area contributed by atoms with Crippen LogP contribution in [0.1, 0.15) is 36.1 Å². The molecule has 0 aromatic carbocycles. The minimum atomic E-state index is -0.604. The number of carbonyl (C=O) groups excluding carboxylic acids is 3. The zero-order valence-electron chi connectivity index (χ0n) is 14.3. The Kier molecular flexibility index (Phi) is 5.43. The molecule has 1 fully saturated rings. The molecule has 1 N–H and O–H groups in total. The number of piperazine rings is 1. The number of hydrogen-bond acceptors (Lipinski definition) is 6. The van der Waals surface area contributed by atoms with Crippen LogP contribution in [-0.4, -0.2) is 65.0 Å². The molecule has 0 spiro atoms. The van der Waals surface area contributed by atoms with Crippen molar-refractivity contribution < 1.29 is 19.1 Å². The van der Waals surface area contributed by atoms with Crippen LogP contribution in [0.15, 0.2) is 0 Å². The average Bonchev–Trinajstić information content (AvgIpc) is 2.85. The number of rotatable bonds is 3. The van der Waals surface area contributed by atoms with E-state index in [0.717, 1.165) is 17.7 Å². The van der Waals surface area contributed by atoms with E-state index in [9.17, 15) is 14.4 Å². The molecule has 0 aliphatic carbocycles. The first kappa shape index (κ1) is 18.2. The van der Waals surface area contributed by atoms with Crippen molar-refractivity contribution in [3.05, 3.63) is 10.6 Å². The van der Waals surface area contributed by atoms with E-state index in [1.165, 1.54) is 0 Å². The van der Waals surface area contributed by atoms with Crippen molar-refractivity contribution >= 4 is 34.9 Å². The van der Waals surface area contributed by atoms with E-state index in [2.05, 4.69) is 10.3 Å². The van der Waals surface area contributed by atoms with E-state index in [0.29, 0.717) is 41.9 Å². The van der Waals surface area contributed by atoms with Gasteiger partial charge in [-0.2, -0.15) is 0 Å². The number of thiazole rings is 1. The molecule has 0 atom stereocenters. The Hall–Kier alpha value is -2.16. The second kappa shape index (κ2) is 7.16. The van der Waals surface area contributed by atoms with Crippen molar-refractivity contribution in [3.8, 4) is 0 Å². The van der Waals surface area contributed by atoms with Gasteiger partial charge in [0.2, 0.25) is 6.41 Å². The Morgan fingerprint density at radius 1 is 1.25 bits per heavy atom. The van der Waals surface area contributed by atoms with Crippen LogP contribution < -0.4 is 5.32 Å². The third-order valence-corrected chi connectivity index (χ3v) is 4.41. The van der Waals surface area contributed by atoms with Crippen molar-refractivity contribution in [1.29, 1.82) is 0 Å². The first-order valence-electron chi connectivity index (χ1n) is 7.65. The Labute approximate surface area is 144 Å². The summed E-state index contributed by atoms with van der Waals surface area (Å²) in [5.41, 5.74) is -0.0401. The van der Waals surface area contributed by atoms with Crippen molar-refractivity contribution in [1.82, 2.24) is 14.8 Å². The number of aryl methyl sites for hydroxylation is 1. The first-order valence-corrected chi connectivity index (χ1v) is 8.47. The largest absolute Gasteiger partial charge is 0.444 e. The van der Waals surface area contributed by atoms with E-state index in [4.69, 9.17) is 4.74 Å². The molecular weight excluding hydrogens is 332 g/mol. The van der Waals surface area contributed by atoms with Crippen molar-refractivity contribution in [2.24, 2.45) is 0 Å². The maximum atomic E-state index is 12.6. The number of ether oxygens (including phenoxy) is 1. The van der Waals surface area contributed by atoms with Crippen molar-refractivity contribution in [3.63, 3.8) is 0 Å². The Morgan fingerprint density at radius 3 is 2.42 bits per heavy atom. The summed E-state index contributed by atoms with van der Waals surface area (Å²) in [5, 5.41) is 2.88. The highest BCUT2D eigenvalue weighted by atomic mass is 32.1. The van der Waals surface area contributed by atoms with Crippen LogP contribution >= 0.6 is 11.3 Å². The maximum Gasteiger partial charge on any atom is 0.413 e. The molecule has 2 heterocycles. The van der Waals surface area contributed by atoms with E-state index < -0.39 is 11.7 Å². The number of carbonyl (C=O) groups is 3. The SMILES string of the molecule is Cc1nc(NC(=O)OC(C)(C)C)sc1C(=O)N1CCN(C=O)CC1. The van der Waals surface area contributed by atoms with Gasteiger partial charge >= 0.3 is 6.09 Å². The quantitative estimate of drug-likeness (QED) is 0.835. The number of hydrogen-bond donors (Lipinski definition) is 1. The van der Waals surface area contributed by atoms with Crippen LogP contribution in [0.4, 0.5) is 9.93 Å². The average molecular weight is 354 g/mol. The van der Waals surface area contributed by atoms with Gasteiger partial charge in [0, 0.05) is 26.2 Å². The summed E-state index contributed by atoms with van der Waals surface area (Å²) in [6, 6.07) is 0. The lowest BCUT2D eigenvalue weighted by atomic mass is 10.2. The molecule has 9 heteroatoms. The second-order valence-electron chi connectivity index (χ2n) is 6.49. The van der Waals surface area contributed by atoms with E-state index in [1.54, 1.807) is 37.5 Å². The summed E-state index contributed by atoms with van der Waals surface area (Å²) in [4.78, 5) is 43.1. The molecule has 0 unspecified atom stereocenters. The molecule has 0 saturated carbocycles. The standard InChI is InChI=1S/C15H22N4O4S/c1-10-11(12(21)19-7-5-18(9-20)6-8-19)24-13(16-10)17-14(22)23-15(2,3)4/h9H,5-8H2,1-4H3,(H,16,17,22). The van der Waals surface area contributed by atoms with Crippen LogP contribution in [0, 0.1) is 6.92 Å². The Balaban J connectivity index is 2.02. The third kappa shape index (κ3) is 4.67. The van der Waals surface area contributed by atoms with Gasteiger partial charge in [-0.3, -0.25) is 14.9 Å². The topological polar surface area (TPSA) is 91.8 Å². The monoisotopic (exact) mass is 354 g/mol. The first-order chi connectivity index (χ1) is 11.2. The minimum absolute atomic E-state index is 0.132. The lowest BCUT2D eigenvalue weighted by Gasteiger charge is -2.32. The summed E-state index contributed by atoms with van der Waals surface area (Å²) < 4.78 is 5.17. The van der Waals surface area contributed by atoms with Gasteiger partial charge in [-0.05, 0) is 27.7 Å². The zero-order valence-corrected chi connectivity index (χ0v) is 15.1. The molecule has 2 rings (SSSR count). The third-order valence-electron chi connectivity index (χ3n) is 3.35. The molecule has 3 amide bonds. The van der Waals surface area contributed by atoms with Crippen LogP contribution in [0.25, 0.3) is 0 Å². The van der Waals surface area contributed by atoms with Gasteiger partial charge < -0.3 is 14.5 Å². The molecule has 8 nitrogen and oxygen atoms in total. The summed E-state index contributed by atoms with van der Waals surface area (Å²) in [7, 11) is 0. The number of nitrogens with one attached hydrogen (secondary N) is 1. The molecule has 0 radical (unpaired) electrons. The number of anilines is 1. The highest BCUT2D eigenvalue weighted by Gasteiger charge is 2.26. The molecule has 1 aliphatic rings. The van der Waals surface area contributed by atoms with Crippen LogP contribution in [0.3, 0.4) is 0 Å². The molecule has 24 heavy (non-hydrogen) atoms. The van der Waals surface area contributed by atoms with Gasteiger partial charge in [-0.25, -0.2) is 9.78 Å². The van der Waals surface area contributed by atoms with Crippen LogP contribution in [0.2, 0.25) is 0 Å². The van der Waals surface area contributed by atoms with Crippen LogP contribution in [0.5, 0.6) is 0 Å². The van der Waals surface area contributed by atoms with Gasteiger partial charge in [0.25, 0.3) is 5.91 Å². The van der Waals surface area contributed by atoms with Crippen molar-refractivity contribution in [2.75, 3.05) is 31.5 Å². The number of amides is 3. The van der Waals surface area contributed by atoms with Gasteiger partial charge in [0.05, 0.1) is 5.69 Å². The molecule has 132 valence electrons. The fraction of sp³-hybridized carbons (Fsp3) is 0.600. The van der Waals surface area contributed by atoms with E-state index in [1.807, 2.05) is 0 Å². The summed E-state index contributed by atoms with van der Waals surface area (Å²) in [6.07, 6.45) is 0.192. The Morgan fingerprint density at radius 2 is 1.88 bits per heavy atom. The summed E-state index contributed by atoms with van der Waals surface area (Å²) in [6.45, 7) is 9.07. The molecule has 0 bridgehead atoms. The van der Waals surface area contributed by atoms with E-state index in [-0.39, 0.29) is 5.91 Å². The maximum absolute atomic E-state index is 12.6. The minimum Gasteiger partial charge on any atom is -0.444 e. The highest BCUT2D eigenvalue weighted by Crippen LogP contribution is 2.25. The van der Waals surface area contributed by atoms with E-state index >= 15 is 0 Å². The van der Waals surface area contributed by atoms with Gasteiger partial charge in [-0.15, -0.1) is 0 Å². The molecule has 1 aromatic heterocycles. The smallest absolute Gasteiger partial charge is 0.413 e. The second-order valence-corrected chi connectivity index (χ2v) is 7.49. The van der Waals surface area contributed by atoms with Gasteiger partial charge in [-0.1, -0.05) is 11.3 Å². The predicted molar refractivity (Wildman–Crippen MR) is 90.2 cm³/mol. The molecule has 1 aliphatic heterocycles. The predicted octanol–water partition coefficient (Wildman–Crippen LogP) is 1.71. The summed E-state index contributed by atoms with van der Waals surface area (Å²) in [5.74, 6) is -0.132. The van der Waals surface area contributed by atoms with Gasteiger partial charge in [0.1, 0.15) is 10.5 Å². The number of nitrogens with zero attached hydrogens (tertiary/aromatic N) is 3. The number of aromatic nitrogens is 1. The Bertz CT molecular complexity index is 630. The molecule has 1 aromatic rings. The normalized spacial score (nSPS) is 15.2. The zero-order chi connectivity index (χ0) is 17.9. The van der Waals surface area contributed by atoms with Gasteiger partial charge in [0.15, 0.2) is 5.13 Å². The highest BCUT2D eigenvalue weighted by molar-refractivity contribution is 7.17. The van der Waals surface area contributed by atoms with Crippen LogP contribution in [-0.2, 0) is 9.53 Å².